The molecular weight excluding hydrogens is 184 g/mol. The van der Waals surface area contributed by atoms with Crippen LogP contribution < -0.4 is 11.1 Å². The molecular formula is C9H8N2O3. The van der Waals surface area contributed by atoms with Crippen LogP contribution in [0.1, 0.15) is 22.0 Å². The van der Waals surface area contributed by atoms with Crippen molar-refractivity contribution >= 4 is 17.6 Å². The molecule has 14 heavy (non-hydrogen) atoms. The minimum Gasteiger partial charge on any atom is -0.478 e. The molecule has 0 radical (unpaired) electrons. The number of carbonyl (C=O) groups excluding carboxylic acids is 1. The number of hydrogen-bond acceptors (Lipinski definition) is 3. The van der Waals surface area contributed by atoms with Crippen LogP contribution in [-0.2, 0) is 4.79 Å². The largest absolute Gasteiger partial charge is 0.478 e. The average Bonchev–Trinajstić information content (AvgIpc) is 2.43. The van der Waals surface area contributed by atoms with E-state index in [2.05, 4.69) is 5.32 Å². The summed E-state index contributed by atoms with van der Waals surface area (Å²) in [4.78, 5) is 22.0. The van der Waals surface area contributed by atoms with Crippen molar-refractivity contribution in [3.63, 3.8) is 0 Å². The van der Waals surface area contributed by atoms with Crippen LogP contribution in [0.25, 0.3) is 0 Å². The Balaban J connectivity index is 2.61. The highest BCUT2D eigenvalue weighted by Gasteiger charge is 2.30. The van der Waals surface area contributed by atoms with Crippen LogP contribution in [0, 0.1) is 0 Å². The first-order chi connectivity index (χ1) is 6.61. The summed E-state index contributed by atoms with van der Waals surface area (Å²) in [5, 5.41) is 11.3. The van der Waals surface area contributed by atoms with Crippen LogP contribution in [0.3, 0.4) is 0 Å². The fourth-order valence-electron chi connectivity index (χ4n) is 1.49. The van der Waals surface area contributed by atoms with Gasteiger partial charge in [-0.1, -0.05) is 12.1 Å². The number of nitrogens with two attached hydrogens (primary N) is 1. The maximum absolute atomic E-state index is 11.2. The second-order valence-electron chi connectivity index (χ2n) is 3.04. The third kappa shape index (κ3) is 1.06. The van der Waals surface area contributed by atoms with E-state index < -0.39 is 12.0 Å². The summed E-state index contributed by atoms with van der Waals surface area (Å²) in [6.07, 6.45) is 0. The van der Waals surface area contributed by atoms with Gasteiger partial charge < -0.3 is 16.2 Å². The van der Waals surface area contributed by atoms with Gasteiger partial charge in [0.15, 0.2) is 0 Å². The van der Waals surface area contributed by atoms with Gasteiger partial charge in [0.05, 0.1) is 11.3 Å². The number of fused-ring (bicyclic) bond motifs is 1. The Morgan fingerprint density at radius 3 is 2.86 bits per heavy atom. The molecule has 0 saturated heterocycles. The number of carboxylic acid groups (broad SMARTS) is 1. The number of para-hydroxylation sites is 1. The van der Waals surface area contributed by atoms with Crippen molar-refractivity contribution in [1.29, 1.82) is 0 Å². The highest BCUT2D eigenvalue weighted by Crippen LogP contribution is 2.31. The summed E-state index contributed by atoms with van der Waals surface area (Å²) < 4.78 is 0. The summed E-state index contributed by atoms with van der Waals surface area (Å²) in [6.45, 7) is 0. The Labute approximate surface area is 79.5 Å². The highest BCUT2D eigenvalue weighted by molar-refractivity contribution is 6.08. The zero-order valence-corrected chi connectivity index (χ0v) is 7.15. The van der Waals surface area contributed by atoms with Crippen LogP contribution in [0.15, 0.2) is 18.2 Å². The van der Waals surface area contributed by atoms with E-state index >= 15 is 0 Å². The minimum absolute atomic E-state index is 0.0730. The molecule has 5 nitrogen and oxygen atoms in total. The fourth-order valence-corrected chi connectivity index (χ4v) is 1.49. The Morgan fingerprint density at radius 2 is 2.21 bits per heavy atom. The highest BCUT2D eigenvalue weighted by atomic mass is 16.4. The molecule has 1 aromatic rings. The summed E-state index contributed by atoms with van der Waals surface area (Å²) in [5.74, 6) is -1.44. The topological polar surface area (TPSA) is 92.4 Å². The minimum atomic E-state index is -1.07. The van der Waals surface area contributed by atoms with Crippen molar-refractivity contribution in [2.75, 3.05) is 5.32 Å². The smallest absolute Gasteiger partial charge is 0.337 e. The van der Waals surface area contributed by atoms with Gasteiger partial charge in [0.2, 0.25) is 5.91 Å². The van der Waals surface area contributed by atoms with Gasteiger partial charge in [-0.3, -0.25) is 4.79 Å². The van der Waals surface area contributed by atoms with E-state index in [4.69, 9.17) is 10.8 Å². The molecule has 72 valence electrons. The first-order valence-electron chi connectivity index (χ1n) is 4.04. The second kappa shape index (κ2) is 2.81. The third-order valence-corrected chi connectivity index (χ3v) is 2.19. The van der Waals surface area contributed by atoms with E-state index in [0.717, 1.165) is 0 Å². The number of nitrogens with one attached hydrogen (secondary N) is 1. The third-order valence-electron chi connectivity index (χ3n) is 2.19. The number of aromatic carboxylic acids is 1. The molecule has 1 atom stereocenters. The molecule has 1 heterocycles. The van der Waals surface area contributed by atoms with Gasteiger partial charge in [-0.25, -0.2) is 4.79 Å². The van der Waals surface area contributed by atoms with Gasteiger partial charge in [-0.2, -0.15) is 0 Å². The average molecular weight is 192 g/mol. The van der Waals surface area contributed by atoms with Gasteiger partial charge in [-0.15, -0.1) is 0 Å². The van der Waals surface area contributed by atoms with Gasteiger partial charge in [0.25, 0.3) is 0 Å². The van der Waals surface area contributed by atoms with Crippen molar-refractivity contribution in [2.45, 2.75) is 6.04 Å². The fraction of sp³-hybridized carbons (Fsp3) is 0.111. The van der Waals surface area contributed by atoms with Crippen molar-refractivity contribution in [1.82, 2.24) is 0 Å². The van der Waals surface area contributed by atoms with Crippen molar-refractivity contribution in [3.8, 4) is 0 Å². The molecule has 1 aliphatic rings. The van der Waals surface area contributed by atoms with E-state index in [0.29, 0.717) is 11.3 Å². The first kappa shape index (κ1) is 8.71. The van der Waals surface area contributed by atoms with Gasteiger partial charge in [0.1, 0.15) is 6.04 Å². The molecule has 4 N–H and O–H groups in total. The first-order valence-corrected chi connectivity index (χ1v) is 4.04. The lowest BCUT2D eigenvalue weighted by atomic mass is 10.1. The number of amides is 1. The second-order valence-corrected chi connectivity index (χ2v) is 3.04. The zero-order valence-electron chi connectivity index (χ0n) is 7.15. The number of benzene rings is 1. The quantitative estimate of drug-likeness (QED) is 0.598. The van der Waals surface area contributed by atoms with Crippen LogP contribution >= 0.6 is 0 Å². The Hall–Kier alpha value is -1.88. The summed E-state index contributed by atoms with van der Waals surface area (Å²) in [6, 6.07) is 3.89. The molecule has 0 saturated carbocycles. The van der Waals surface area contributed by atoms with Crippen molar-refractivity contribution < 1.29 is 14.7 Å². The van der Waals surface area contributed by atoms with Crippen molar-refractivity contribution in [2.24, 2.45) is 5.73 Å². The van der Waals surface area contributed by atoms with Gasteiger partial charge >= 0.3 is 5.97 Å². The molecule has 0 aromatic heterocycles. The predicted molar refractivity (Wildman–Crippen MR) is 49.0 cm³/mol. The number of carbonyl (C=O) groups is 2. The van der Waals surface area contributed by atoms with Crippen LogP contribution in [0.2, 0.25) is 0 Å². The SMILES string of the molecule is NC1C(=O)Nc2c(C(=O)O)cccc21. The normalized spacial score (nSPS) is 18.9. The molecule has 5 heteroatoms. The van der Waals surface area contributed by atoms with Crippen LogP contribution in [0.4, 0.5) is 5.69 Å². The number of carboxylic acids is 1. The molecule has 2 rings (SSSR count). The Bertz CT molecular complexity index is 428. The molecule has 1 amide bonds. The number of anilines is 1. The Morgan fingerprint density at radius 1 is 1.50 bits per heavy atom. The lowest BCUT2D eigenvalue weighted by molar-refractivity contribution is -0.116. The maximum atomic E-state index is 11.2. The molecule has 0 bridgehead atoms. The maximum Gasteiger partial charge on any atom is 0.337 e. The lowest BCUT2D eigenvalue weighted by Gasteiger charge is -2.03. The molecule has 1 aromatic carbocycles. The summed E-state index contributed by atoms with van der Waals surface area (Å²) in [7, 11) is 0. The Kier molecular flexibility index (Phi) is 1.75. The molecule has 1 aliphatic heterocycles. The van der Waals surface area contributed by atoms with E-state index in [-0.39, 0.29) is 11.5 Å². The van der Waals surface area contributed by atoms with Crippen molar-refractivity contribution in [3.05, 3.63) is 29.3 Å². The molecule has 1 unspecified atom stereocenters. The van der Waals surface area contributed by atoms with E-state index in [1.807, 2.05) is 0 Å². The van der Waals surface area contributed by atoms with Gasteiger partial charge in [0, 0.05) is 5.56 Å². The monoisotopic (exact) mass is 192 g/mol. The predicted octanol–water partition coefficient (Wildman–Crippen LogP) is 0.337. The van der Waals surface area contributed by atoms with E-state index in [1.165, 1.54) is 6.07 Å². The summed E-state index contributed by atoms with van der Waals surface area (Å²) in [5.41, 5.74) is 6.48. The lowest BCUT2D eigenvalue weighted by Crippen LogP contribution is -2.19. The zero-order chi connectivity index (χ0) is 10.3. The molecule has 0 aliphatic carbocycles. The number of hydrogen-bond donors (Lipinski definition) is 3. The molecule has 0 spiro atoms. The summed E-state index contributed by atoms with van der Waals surface area (Å²) >= 11 is 0. The number of rotatable bonds is 1. The molecule has 0 fully saturated rings. The van der Waals surface area contributed by atoms with Gasteiger partial charge in [-0.05, 0) is 6.07 Å². The van der Waals surface area contributed by atoms with E-state index in [9.17, 15) is 9.59 Å². The van der Waals surface area contributed by atoms with E-state index in [1.54, 1.807) is 12.1 Å². The standard InChI is InChI=1S/C9H8N2O3/c10-6-4-2-1-3-5(9(13)14)7(4)11-8(6)12/h1-3,6H,10H2,(H,11,12)(H,13,14). The van der Waals surface area contributed by atoms with Crippen LogP contribution in [0.5, 0.6) is 0 Å². The van der Waals surface area contributed by atoms with Crippen LogP contribution in [-0.4, -0.2) is 17.0 Å².